The summed E-state index contributed by atoms with van der Waals surface area (Å²) in [5, 5.41) is 2.79. The smallest absolute Gasteiger partial charge is 0.337 e. The topological polar surface area (TPSA) is 75.7 Å². The van der Waals surface area contributed by atoms with Crippen LogP contribution < -0.4 is 5.32 Å². The van der Waals surface area contributed by atoms with Gasteiger partial charge in [0.15, 0.2) is 0 Å². The van der Waals surface area contributed by atoms with Crippen LogP contribution >= 0.6 is 0 Å². The van der Waals surface area contributed by atoms with Crippen molar-refractivity contribution in [1.82, 2.24) is 4.90 Å². The molecule has 2 aromatic carbocycles. The Kier molecular flexibility index (Phi) is 5.86. The molecule has 3 rings (SSSR count). The van der Waals surface area contributed by atoms with Crippen LogP contribution in [0.4, 0.5) is 5.69 Å². The number of benzene rings is 2. The third-order valence-corrected chi connectivity index (χ3v) is 4.58. The van der Waals surface area contributed by atoms with Gasteiger partial charge in [0, 0.05) is 29.9 Å². The van der Waals surface area contributed by atoms with Gasteiger partial charge in [0.05, 0.1) is 12.7 Å². The number of methoxy groups -OCH3 is 1. The van der Waals surface area contributed by atoms with Crippen LogP contribution in [0, 0.1) is 0 Å². The molecule has 2 amide bonds. The van der Waals surface area contributed by atoms with Crippen LogP contribution in [0.3, 0.4) is 0 Å². The number of hydrogen-bond acceptors (Lipinski definition) is 4. The van der Waals surface area contributed by atoms with E-state index >= 15 is 0 Å². The van der Waals surface area contributed by atoms with Crippen LogP contribution in [0.15, 0.2) is 48.5 Å². The zero-order valence-electron chi connectivity index (χ0n) is 15.2. The standard InChI is InChI=1S/C21H22N2O4/c1-27-21(26)16-10-8-15(9-11-16)19(24)22-18-7-5-6-17(14-18)20(25)23-12-3-2-4-13-23/h5-11,14H,2-4,12-13H2,1H3,(H,22,24). The molecular weight excluding hydrogens is 344 g/mol. The lowest BCUT2D eigenvalue weighted by molar-refractivity contribution is 0.0600. The number of nitrogens with one attached hydrogen (secondary N) is 1. The predicted molar refractivity (Wildman–Crippen MR) is 102 cm³/mol. The lowest BCUT2D eigenvalue weighted by Crippen LogP contribution is -2.35. The summed E-state index contributed by atoms with van der Waals surface area (Å²) in [4.78, 5) is 38.3. The van der Waals surface area contributed by atoms with Crippen molar-refractivity contribution in [3.63, 3.8) is 0 Å². The normalized spacial score (nSPS) is 13.7. The largest absolute Gasteiger partial charge is 0.465 e. The molecule has 0 saturated carbocycles. The van der Waals surface area contributed by atoms with Crippen molar-refractivity contribution in [3.8, 4) is 0 Å². The Bertz CT molecular complexity index is 840. The molecule has 0 aliphatic carbocycles. The van der Waals surface area contributed by atoms with Crippen LogP contribution in [-0.4, -0.2) is 42.9 Å². The maximum Gasteiger partial charge on any atom is 0.337 e. The zero-order valence-corrected chi connectivity index (χ0v) is 15.2. The van der Waals surface area contributed by atoms with Crippen molar-refractivity contribution >= 4 is 23.5 Å². The lowest BCUT2D eigenvalue weighted by atomic mass is 10.1. The molecule has 6 nitrogen and oxygen atoms in total. The van der Waals surface area contributed by atoms with Gasteiger partial charge in [0.2, 0.25) is 0 Å². The molecule has 0 atom stereocenters. The average Bonchev–Trinajstić information content (AvgIpc) is 2.73. The summed E-state index contributed by atoms with van der Waals surface area (Å²) < 4.78 is 4.64. The number of ether oxygens (including phenoxy) is 1. The Morgan fingerprint density at radius 1 is 0.889 bits per heavy atom. The summed E-state index contributed by atoms with van der Waals surface area (Å²) in [5.74, 6) is -0.770. The molecule has 1 fully saturated rings. The average molecular weight is 366 g/mol. The molecule has 1 aliphatic heterocycles. The second-order valence-corrected chi connectivity index (χ2v) is 6.46. The number of rotatable bonds is 4. The van der Waals surface area contributed by atoms with Gasteiger partial charge in [-0.3, -0.25) is 9.59 Å². The monoisotopic (exact) mass is 366 g/mol. The summed E-state index contributed by atoms with van der Waals surface area (Å²) in [5.41, 5.74) is 1.91. The van der Waals surface area contributed by atoms with Crippen LogP contribution in [0.5, 0.6) is 0 Å². The minimum atomic E-state index is -0.453. The number of esters is 1. The van der Waals surface area contributed by atoms with Gasteiger partial charge < -0.3 is 15.0 Å². The Labute approximate surface area is 158 Å². The molecule has 1 heterocycles. The fourth-order valence-corrected chi connectivity index (χ4v) is 3.09. The van der Waals surface area contributed by atoms with E-state index in [1.54, 1.807) is 36.4 Å². The summed E-state index contributed by atoms with van der Waals surface area (Å²) in [6, 6.07) is 13.2. The van der Waals surface area contributed by atoms with Gasteiger partial charge in [-0.25, -0.2) is 4.79 Å². The summed E-state index contributed by atoms with van der Waals surface area (Å²) >= 11 is 0. The molecule has 27 heavy (non-hydrogen) atoms. The maximum absolute atomic E-state index is 12.6. The Balaban J connectivity index is 1.69. The highest BCUT2D eigenvalue weighted by molar-refractivity contribution is 6.05. The third kappa shape index (κ3) is 4.53. The molecule has 6 heteroatoms. The minimum absolute atomic E-state index is 0.00627. The van der Waals surface area contributed by atoms with E-state index in [0.29, 0.717) is 22.4 Å². The third-order valence-electron chi connectivity index (χ3n) is 4.58. The Morgan fingerprint density at radius 2 is 1.56 bits per heavy atom. The van der Waals surface area contributed by atoms with Crippen molar-refractivity contribution in [3.05, 3.63) is 65.2 Å². The van der Waals surface area contributed by atoms with Crippen molar-refractivity contribution in [2.75, 3.05) is 25.5 Å². The molecule has 0 unspecified atom stereocenters. The van der Waals surface area contributed by atoms with Gasteiger partial charge in [-0.2, -0.15) is 0 Å². The Morgan fingerprint density at radius 3 is 2.22 bits per heavy atom. The van der Waals surface area contributed by atoms with E-state index < -0.39 is 5.97 Å². The van der Waals surface area contributed by atoms with E-state index in [1.807, 2.05) is 4.90 Å². The zero-order chi connectivity index (χ0) is 19.2. The van der Waals surface area contributed by atoms with Crippen molar-refractivity contribution in [1.29, 1.82) is 0 Å². The van der Waals surface area contributed by atoms with Gasteiger partial charge in [-0.15, -0.1) is 0 Å². The van der Waals surface area contributed by atoms with Gasteiger partial charge in [0.25, 0.3) is 11.8 Å². The highest BCUT2D eigenvalue weighted by Crippen LogP contribution is 2.17. The summed E-state index contributed by atoms with van der Waals surface area (Å²) in [6.45, 7) is 1.56. The predicted octanol–water partition coefficient (Wildman–Crippen LogP) is 3.35. The molecular formula is C21H22N2O4. The first kappa shape index (κ1) is 18.6. The van der Waals surface area contributed by atoms with Gasteiger partial charge in [-0.05, 0) is 61.7 Å². The number of amides is 2. The minimum Gasteiger partial charge on any atom is -0.465 e. The molecule has 2 aromatic rings. The fraction of sp³-hybridized carbons (Fsp3) is 0.286. The molecule has 1 saturated heterocycles. The number of piperidine rings is 1. The molecule has 1 aliphatic rings. The summed E-state index contributed by atoms with van der Waals surface area (Å²) in [7, 11) is 1.31. The quantitative estimate of drug-likeness (QED) is 0.842. The number of carbonyl (C=O) groups is 3. The van der Waals surface area contributed by atoms with Gasteiger partial charge in [-0.1, -0.05) is 6.07 Å². The molecule has 0 aromatic heterocycles. The molecule has 0 bridgehead atoms. The highest BCUT2D eigenvalue weighted by atomic mass is 16.5. The first-order valence-corrected chi connectivity index (χ1v) is 8.97. The number of hydrogen-bond donors (Lipinski definition) is 1. The molecule has 1 N–H and O–H groups in total. The molecule has 0 radical (unpaired) electrons. The van der Waals surface area contributed by atoms with Gasteiger partial charge in [0.1, 0.15) is 0 Å². The van der Waals surface area contributed by atoms with Crippen LogP contribution in [0.25, 0.3) is 0 Å². The molecule has 0 spiro atoms. The van der Waals surface area contributed by atoms with Crippen LogP contribution in [0.1, 0.15) is 50.3 Å². The number of likely N-dealkylation sites (tertiary alicyclic amines) is 1. The van der Waals surface area contributed by atoms with Crippen LogP contribution in [-0.2, 0) is 4.74 Å². The van der Waals surface area contributed by atoms with E-state index in [1.165, 1.54) is 19.2 Å². The lowest BCUT2D eigenvalue weighted by Gasteiger charge is -2.26. The van der Waals surface area contributed by atoms with Gasteiger partial charge >= 0.3 is 5.97 Å². The fourth-order valence-electron chi connectivity index (χ4n) is 3.09. The van der Waals surface area contributed by atoms with E-state index in [9.17, 15) is 14.4 Å². The van der Waals surface area contributed by atoms with E-state index in [2.05, 4.69) is 10.1 Å². The van der Waals surface area contributed by atoms with Crippen molar-refractivity contribution in [2.45, 2.75) is 19.3 Å². The van der Waals surface area contributed by atoms with Crippen molar-refractivity contribution in [2.24, 2.45) is 0 Å². The second kappa shape index (κ2) is 8.49. The van der Waals surface area contributed by atoms with Crippen molar-refractivity contribution < 1.29 is 19.1 Å². The number of carbonyl (C=O) groups excluding carboxylic acids is 3. The number of anilines is 1. The molecule has 140 valence electrons. The van der Waals surface area contributed by atoms with E-state index in [-0.39, 0.29) is 11.8 Å². The summed E-state index contributed by atoms with van der Waals surface area (Å²) in [6.07, 6.45) is 3.22. The second-order valence-electron chi connectivity index (χ2n) is 6.46. The first-order chi connectivity index (χ1) is 13.1. The highest BCUT2D eigenvalue weighted by Gasteiger charge is 2.18. The SMILES string of the molecule is COC(=O)c1ccc(C(=O)Nc2cccc(C(=O)N3CCCCC3)c2)cc1. The Hall–Kier alpha value is -3.15. The first-order valence-electron chi connectivity index (χ1n) is 8.97. The maximum atomic E-state index is 12.6. The van der Waals surface area contributed by atoms with Crippen LogP contribution in [0.2, 0.25) is 0 Å². The van der Waals surface area contributed by atoms with E-state index in [0.717, 1.165) is 32.4 Å². The van der Waals surface area contributed by atoms with E-state index in [4.69, 9.17) is 0 Å². The number of nitrogens with zero attached hydrogens (tertiary/aromatic N) is 1.